The summed E-state index contributed by atoms with van der Waals surface area (Å²) >= 11 is 0. The maximum absolute atomic E-state index is 14.0. The number of nitro groups is 1. The maximum Gasteiger partial charge on any atom is 0.305 e. The predicted octanol–water partition coefficient (Wildman–Crippen LogP) is 0.457. The van der Waals surface area contributed by atoms with Gasteiger partial charge in [0.05, 0.1) is 16.2 Å². The number of nitrogens with zero attached hydrogens (tertiary/aromatic N) is 1. The van der Waals surface area contributed by atoms with Crippen LogP contribution in [0.4, 0.5) is 10.1 Å². The van der Waals surface area contributed by atoms with E-state index in [2.05, 4.69) is 4.72 Å². The van der Waals surface area contributed by atoms with Crippen molar-refractivity contribution in [2.75, 3.05) is 12.8 Å². The summed E-state index contributed by atoms with van der Waals surface area (Å²) in [7, 11) is -2.48. The Hall–Kier alpha value is -1.58. The summed E-state index contributed by atoms with van der Waals surface area (Å²) < 4.78 is 39.0. The lowest BCUT2D eigenvalue weighted by Gasteiger charge is -2.24. The standard InChI is InChI=1S/C10H14FN3O4S/c1-10(12,6-19(17,18)13-2)7-4-3-5-8(9(7)11)14(15)16/h3-5,13H,6,12H2,1-2H3/t10-/m0/s1. The fourth-order valence-electron chi connectivity index (χ4n) is 1.65. The molecule has 19 heavy (non-hydrogen) atoms. The molecule has 1 aromatic carbocycles. The normalized spacial score (nSPS) is 14.9. The minimum atomic E-state index is -3.69. The van der Waals surface area contributed by atoms with E-state index in [9.17, 15) is 22.9 Å². The summed E-state index contributed by atoms with van der Waals surface area (Å²) in [6, 6.07) is 3.47. The highest BCUT2D eigenvalue weighted by Crippen LogP contribution is 2.28. The molecule has 0 saturated heterocycles. The summed E-state index contributed by atoms with van der Waals surface area (Å²) in [5.41, 5.74) is 3.24. The average Bonchev–Trinajstić information content (AvgIpc) is 2.27. The number of sulfonamides is 1. The molecule has 0 aromatic heterocycles. The number of hydrogen-bond acceptors (Lipinski definition) is 5. The average molecular weight is 291 g/mol. The quantitative estimate of drug-likeness (QED) is 0.604. The summed E-state index contributed by atoms with van der Waals surface area (Å²) in [5.74, 6) is -1.71. The number of nitrogens with two attached hydrogens (primary N) is 1. The lowest BCUT2D eigenvalue weighted by atomic mass is 9.94. The third-order valence-corrected chi connectivity index (χ3v) is 4.19. The number of nitro benzene ring substituents is 1. The van der Waals surface area contributed by atoms with Crippen LogP contribution in [0.5, 0.6) is 0 Å². The van der Waals surface area contributed by atoms with Crippen LogP contribution >= 0.6 is 0 Å². The zero-order valence-electron chi connectivity index (χ0n) is 10.4. The first kappa shape index (κ1) is 15.5. The highest BCUT2D eigenvalue weighted by atomic mass is 32.2. The van der Waals surface area contributed by atoms with E-state index >= 15 is 0 Å². The van der Waals surface area contributed by atoms with Crippen LogP contribution < -0.4 is 10.5 Å². The Balaban J connectivity index is 3.30. The molecule has 0 saturated carbocycles. The fraction of sp³-hybridized carbons (Fsp3) is 0.400. The van der Waals surface area contributed by atoms with Gasteiger partial charge < -0.3 is 5.73 Å². The topological polar surface area (TPSA) is 115 Å². The van der Waals surface area contributed by atoms with Gasteiger partial charge in [-0.25, -0.2) is 13.1 Å². The number of halogens is 1. The van der Waals surface area contributed by atoms with Gasteiger partial charge in [0.15, 0.2) is 0 Å². The Morgan fingerprint density at radius 3 is 2.58 bits per heavy atom. The molecule has 0 unspecified atom stereocenters. The van der Waals surface area contributed by atoms with Gasteiger partial charge in [0.1, 0.15) is 0 Å². The van der Waals surface area contributed by atoms with E-state index in [4.69, 9.17) is 5.73 Å². The molecule has 106 valence electrons. The molecule has 0 amide bonds. The second-order valence-corrected chi connectivity index (χ2v) is 6.20. The van der Waals surface area contributed by atoms with Gasteiger partial charge in [-0.05, 0) is 14.0 Å². The maximum atomic E-state index is 14.0. The lowest BCUT2D eigenvalue weighted by Crippen LogP contribution is -2.44. The van der Waals surface area contributed by atoms with Crippen LogP contribution in [0.25, 0.3) is 0 Å². The van der Waals surface area contributed by atoms with Gasteiger partial charge in [0, 0.05) is 11.6 Å². The van der Waals surface area contributed by atoms with Crippen LogP contribution in [0.15, 0.2) is 18.2 Å². The van der Waals surface area contributed by atoms with Crippen LogP contribution in [0, 0.1) is 15.9 Å². The van der Waals surface area contributed by atoms with Crippen LogP contribution in [0.3, 0.4) is 0 Å². The Labute approximate surface area is 109 Å². The number of benzene rings is 1. The molecule has 0 aliphatic carbocycles. The molecule has 0 spiro atoms. The molecule has 1 atom stereocenters. The summed E-state index contributed by atoms with van der Waals surface area (Å²) in [4.78, 5) is 9.75. The first-order valence-corrected chi connectivity index (χ1v) is 6.89. The SMILES string of the molecule is CNS(=O)(=O)C[C@](C)(N)c1cccc([N+](=O)[O-])c1F. The largest absolute Gasteiger partial charge is 0.321 e. The van der Waals surface area contributed by atoms with Gasteiger partial charge in [0.2, 0.25) is 15.8 Å². The molecule has 0 aliphatic heterocycles. The van der Waals surface area contributed by atoms with Gasteiger partial charge >= 0.3 is 5.69 Å². The van der Waals surface area contributed by atoms with Crippen molar-refractivity contribution in [3.63, 3.8) is 0 Å². The van der Waals surface area contributed by atoms with Crippen molar-refractivity contribution in [2.24, 2.45) is 5.73 Å². The third kappa shape index (κ3) is 3.46. The van der Waals surface area contributed by atoms with E-state index in [-0.39, 0.29) is 5.56 Å². The molecule has 0 radical (unpaired) electrons. The van der Waals surface area contributed by atoms with Crippen LogP contribution in [-0.2, 0) is 15.6 Å². The number of rotatable bonds is 5. The second kappa shape index (κ2) is 5.19. The summed E-state index contributed by atoms with van der Waals surface area (Å²) in [6.07, 6.45) is 0. The molecule has 1 rings (SSSR count). The van der Waals surface area contributed by atoms with Crippen molar-refractivity contribution in [1.29, 1.82) is 0 Å². The van der Waals surface area contributed by atoms with Gasteiger partial charge in [-0.15, -0.1) is 0 Å². The predicted molar refractivity (Wildman–Crippen MR) is 67.4 cm³/mol. The number of hydrogen-bond donors (Lipinski definition) is 2. The molecule has 7 nitrogen and oxygen atoms in total. The second-order valence-electron chi connectivity index (χ2n) is 4.28. The lowest BCUT2D eigenvalue weighted by molar-refractivity contribution is -0.387. The minimum absolute atomic E-state index is 0.222. The van der Waals surface area contributed by atoms with Crippen molar-refractivity contribution in [2.45, 2.75) is 12.5 Å². The molecule has 1 aromatic rings. The molecular formula is C10H14FN3O4S. The molecule has 9 heteroatoms. The van der Waals surface area contributed by atoms with Crippen LogP contribution in [0.1, 0.15) is 12.5 Å². The first-order valence-electron chi connectivity index (χ1n) is 5.24. The zero-order valence-corrected chi connectivity index (χ0v) is 11.2. The van der Waals surface area contributed by atoms with Crippen LogP contribution in [-0.4, -0.2) is 26.1 Å². The zero-order chi connectivity index (χ0) is 14.8. The highest BCUT2D eigenvalue weighted by Gasteiger charge is 2.33. The molecule has 3 N–H and O–H groups in total. The summed E-state index contributed by atoms with van der Waals surface area (Å²) in [5, 5.41) is 10.6. The molecule has 0 bridgehead atoms. The van der Waals surface area contributed by atoms with Crippen molar-refractivity contribution in [3.05, 3.63) is 39.7 Å². The van der Waals surface area contributed by atoms with Gasteiger partial charge in [-0.1, -0.05) is 12.1 Å². The van der Waals surface area contributed by atoms with Crippen molar-refractivity contribution in [3.8, 4) is 0 Å². The third-order valence-electron chi connectivity index (χ3n) is 2.59. The Bertz CT molecular complexity index is 601. The van der Waals surface area contributed by atoms with E-state index < -0.39 is 37.7 Å². The fourth-order valence-corrected chi connectivity index (χ4v) is 2.74. The Morgan fingerprint density at radius 2 is 2.11 bits per heavy atom. The van der Waals surface area contributed by atoms with E-state index in [1.807, 2.05) is 0 Å². The molecule has 0 aliphatic rings. The molecular weight excluding hydrogens is 277 g/mol. The van der Waals surface area contributed by atoms with Crippen molar-refractivity contribution >= 4 is 15.7 Å². The van der Waals surface area contributed by atoms with Gasteiger partial charge in [0.25, 0.3) is 0 Å². The van der Waals surface area contributed by atoms with E-state index in [1.165, 1.54) is 26.1 Å². The van der Waals surface area contributed by atoms with Gasteiger partial charge in [-0.2, -0.15) is 4.39 Å². The monoisotopic (exact) mass is 291 g/mol. The highest BCUT2D eigenvalue weighted by molar-refractivity contribution is 7.89. The molecule has 0 heterocycles. The van der Waals surface area contributed by atoms with Crippen molar-refractivity contribution < 1.29 is 17.7 Å². The van der Waals surface area contributed by atoms with E-state index in [1.54, 1.807) is 0 Å². The number of nitrogens with one attached hydrogen (secondary N) is 1. The Kier molecular flexibility index (Phi) is 4.23. The van der Waals surface area contributed by atoms with Crippen molar-refractivity contribution in [1.82, 2.24) is 4.72 Å². The summed E-state index contributed by atoms with van der Waals surface area (Å²) in [6.45, 7) is 1.30. The molecule has 0 fully saturated rings. The van der Waals surface area contributed by atoms with E-state index in [0.717, 1.165) is 6.07 Å². The van der Waals surface area contributed by atoms with Gasteiger partial charge in [-0.3, -0.25) is 10.1 Å². The smallest absolute Gasteiger partial charge is 0.305 e. The van der Waals surface area contributed by atoms with Crippen LogP contribution in [0.2, 0.25) is 0 Å². The Morgan fingerprint density at radius 1 is 1.53 bits per heavy atom. The minimum Gasteiger partial charge on any atom is -0.321 e. The van der Waals surface area contributed by atoms with E-state index in [0.29, 0.717) is 0 Å². The first-order chi connectivity index (χ1) is 8.60.